The summed E-state index contributed by atoms with van der Waals surface area (Å²) in [6, 6.07) is 5.25. The normalized spacial score (nSPS) is 10.4. The zero-order chi connectivity index (χ0) is 12.8. The molecular weight excluding hydrogens is 369 g/mol. The minimum atomic E-state index is 0.0451. The van der Waals surface area contributed by atoms with Gasteiger partial charge in [0.15, 0.2) is 0 Å². The number of carbonyl (C=O) groups excluding carboxylic acids is 1. The van der Waals surface area contributed by atoms with Gasteiger partial charge in [-0.05, 0) is 40.5 Å². The first-order valence-corrected chi connectivity index (χ1v) is 7.69. The molecule has 1 rings (SSSR count). The maximum Gasteiger partial charge on any atom is 0.253 e. The van der Waals surface area contributed by atoms with Gasteiger partial charge in [0, 0.05) is 28.5 Å². The van der Waals surface area contributed by atoms with Crippen LogP contribution < -0.4 is 0 Å². The maximum absolute atomic E-state index is 12.2. The van der Waals surface area contributed by atoms with Gasteiger partial charge in [-0.25, -0.2) is 0 Å². The van der Waals surface area contributed by atoms with Crippen LogP contribution in [0.2, 0.25) is 5.02 Å². The highest BCUT2D eigenvalue weighted by molar-refractivity contribution is 9.10. The van der Waals surface area contributed by atoms with E-state index in [1.165, 1.54) is 0 Å². The SMILES string of the molecule is CCCN(CCBr)C(=O)c1ccc(Cl)c(Br)c1. The van der Waals surface area contributed by atoms with E-state index in [1.54, 1.807) is 18.2 Å². The third-order valence-corrected chi connectivity index (χ3v) is 3.87. The number of amides is 1. The fourth-order valence-corrected chi connectivity index (χ4v) is 2.42. The predicted octanol–water partition coefficient (Wildman–Crippen LogP) is 4.35. The Morgan fingerprint density at radius 3 is 2.65 bits per heavy atom. The number of halogens is 3. The van der Waals surface area contributed by atoms with Crippen LogP contribution in [-0.4, -0.2) is 29.2 Å². The van der Waals surface area contributed by atoms with E-state index in [9.17, 15) is 4.79 Å². The number of benzene rings is 1. The van der Waals surface area contributed by atoms with Crippen molar-refractivity contribution in [3.8, 4) is 0 Å². The van der Waals surface area contributed by atoms with Crippen molar-refractivity contribution in [1.29, 1.82) is 0 Å². The molecule has 0 unspecified atom stereocenters. The lowest BCUT2D eigenvalue weighted by Gasteiger charge is -2.21. The molecule has 0 fully saturated rings. The van der Waals surface area contributed by atoms with E-state index in [4.69, 9.17) is 11.6 Å². The van der Waals surface area contributed by atoms with Gasteiger partial charge in [0.1, 0.15) is 0 Å². The minimum absolute atomic E-state index is 0.0451. The monoisotopic (exact) mass is 381 g/mol. The molecule has 0 aliphatic heterocycles. The maximum atomic E-state index is 12.2. The van der Waals surface area contributed by atoms with Crippen molar-refractivity contribution in [1.82, 2.24) is 4.90 Å². The van der Waals surface area contributed by atoms with Gasteiger partial charge in [0.2, 0.25) is 0 Å². The van der Waals surface area contributed by atoms with Crippen LogP contribution in [0.3, 0.4) is 0 Å². The molecule has 5 heteroatoms. The Morgan fingerprint density at radius 1 is 1.41 bits per heavy atom. The zero-order valence-electron chi connectivity index (χ0n) is 9.55. The van der Waals surface area contributed by atoms with Crippen molar-refractivity contribution in [3.63, 3.8) is 0 Å². The van der Waals surface area contributed by atoms with Crippen molar-refractivity contribution >= 4 is 49.4 Å². The number of hydrogen-bond acceptors (Lipinski definition) is 1. The Labute approximate surface area is 124 Å². The second kappa shape index (κ2) is 7.39. The van der Waals surface area contributed by atoms with Crippen molar-refractivity contribution in [2.45, 2.75) is 13.3 Å². The van der Waals surface area contributed by atoms with Crippen LogP contribution in [0.5, 0.6) is 0 Å². The Bertz CT molecular complexity index is 392. The fourth-order valence-electron chi connectivity index (χ4n) is 1.50. The molecule has 1 aromatic rings. The summed E-state index contributed by atoms with van der Waals surface area (Å²) in [6.07, 6.45) is 0.952. The molecule has 0 atom stereocenters. The Hall–Kier alpha value is -0.0600. The topological polar surface area (TPSA) is 20.3 Å². The zero-order valence-corrected chi connectivity index (χ0v) is 13.5. The van der Waals surface area contributed by atoms with Gasteiger partial charge in [0.25, 0.3) is 5.91 Å². The molecule has 0 saturated carbocycles. The van der Waals surface area contributed by atoms with E-state index in [-0.39, 0.29) is 5.91 Å². The van der Waals surface area contributed by atoms with Crippen LogP contribution in [0.25, 0.3) is 0 Å². The summed E-state index contributed by atoms with van der Waals surface area (Å²) in [5.74, 6) is 0.0451. The summed E-state index contributed by atoms with van der Waals surface area (Å²) < 4.78 is 0.750. The van der Waals surface area contributed by atoms with Crippen LogP contribution >= 0.6 is 43.5 Å². The number of alkyl halides is 1. The van der Waals surface area contributed by atoms with Crippen molar-refractivity contribution in [3.05, 3.63) is 33.3 Å². The van der Waals surface area contributed by atoms with Gasteiger partial charge >= 0.3 is 0 Å². The van der Waals surface area contributed by atoms with Gasteiger partial charge in [0.05, 0.1) is 5.02 Å². The number of rotatable bonds is 5. The van der Waals surface area contributed by atoms with Crippen LogP contribution in [-0.2, 0) is 0 Å². The number of carbonyl (C=O) groups is 1. The van der Waals surface area contributed by atoms with Crippen LogP contribution in [0.1, 0.15) is 23.7 Å². The second-order valence-corrected chi connectivity index (χ2v) is 5.66. The lowest BCUT2D eigenvalue weighted by molar-refractivity contribution is 0.0766. The molecule has 0 bridgehead atoms. The third kappa shape index (κ3) is 4.27. The summed E-state index contributed by atoms with van der Waals surface area (Å²) in [6.45, 7) is 3.55. The summed E-state index contributed by atoms with van der Waals surface area (Å²) in [5, 5.41) is 1.40. The van der Waals surface area contributed by atoms with E-state index in [1.807, 2.05) is 4.90 Å². The van der Waals surface area contributed by atoms with E-state index in [2.05, 4.69) is 38.8 Å². The van der Waals surface area contributed by atoms with E-state index in [0.29, 0.717) is 17.1 Å². The molecule has 0 heterocycles. The second-order valence-electron chi connectivity index (χ2n) is 3.61. The summed E-state index contributed by atoms with van der Waals surface area (Å²) in [7, 11) is 0. The smallest absolute Gasteiger partial charge is 0.253 e. The average Bonchev–Trinajstić information content (AvgIpc) is 2.31. The van der Waals surface area contributed by atoms with Crippen LogP contribution in [0.4, 0.5) is 0 Å². The van der Waals surface area contributed by atoms with E-state index < -0.39 is 0 Å². The van der Waals surface area contributed by atoms with Gasteiger partial charge in [-0.15, -0.1) is 0 Å². The predicted molar refractivity (Wildman–Crippen MR) is 79.1 cm³/mol. The Balaban J connectivity index is 2.88. The molecule has 0 spiro atoms. The van der Waals surface area contributed by atoms with Gasteiger partial charge < -0.3 is 4.90 Å². The van der Waals surface area contributed by atoms with E-state index >= 15 is 0 Å². The lowest BCUT2D eigenvalue weighted by Crippen LogP contribution is -2.33. The van der Waals surface area contributed by atoms with Crippen molar-refractivity contribution < 1.29 is 4.79 Å². The molecule has 1 aromatic carbocycles. The minimum Gasteiger partial charge on any atom is -0.338 e. The first-order chi connectivity index (χ1) is 8.10. The first kappa shape index (κ1) is 15.0. The van der Waals surface area contributed by atoms with Crippen LogP contribution in [0.15, 0.2) is 22.7 Å². The number of hydrogen-bond donors (Lipinski definition) is 0. The molecule has 1 amide bonds. The molecular formula is C12H14Br2ClNO. The first-order valence-electron chi connectivity index (χ1n) is 5.40. The van der Waals surface area contributed by atoms with Crippen LogP contribution in [0, 0.1) is 0 Å². The molecule has 0 aromatic heterocycles. The lowest BCUT2D eigenvalue weighted by atomic mass is 10.2. The van der Waals surface area contributed by atoms with Gasteiger partial charge in [-0.3, -0.25) is 4.79 Å². The van der Waals surface area contributed by atoms with E-state index in [0.717, 1.165) is 22.8 Å². The highest BCUT2D eigenvalue weighted by Gasteiger charge is 2.15. The fraction of sp³-hybridized carbons (Fsp3) is 0.417. The highest BCUT2D eigenvalue weighted by Crippen LogP contribution is 2.23. The van der Waals surface area contributed by atoms with Gasteiger partial charge in [-0.2, -0.15) is 0 Å². The molecule has 0 aliphatic rings. The quantitative estimate of drug-likeness (QED) is 0.692. The third-order valence-electron chi connectivity index (χ3n) is 2.30. The molecule has 0 aliphatic carbocycles. The number of nitrogens with zero attached hydrogens (tertiary/aromatic N) is 1. The van der Waals surface area contributed by atoms with Crippen molar-refractivity contribution in [2.75, 3.05) is 18.4 Å². The molecule has 94 valence electrons. The largest absolute Gasteiger partial charge is 0.338 e. The highest BCUT2D eigenvalue weighted by atomic mass is 79.9. The van der Waals surface area contributed by atoms with Gasteiger partial charge in [-0.1, -0.05) is 34.5 Å². The molecule has 0 radical (unpaired) electrons. The summed E-state index contributed by atoms with van der Waals surface area (Å²) in [4.78, 5) is 14.1. The molecule has 0 saturated heterocycles. The summed E-state index contributed by atoms with van der Waals surface area (Å²) >= 11 is 12.6. The molecule has 17 heavy (non-hydrogen) atoms. The summed E-state index contributed by atoms with van der Waals surface area (Å²) in [5.41, 5.74) is 0.663. The average molecular weight is 384 g/mol. The Morgan fingerprint density at radius 2 is 2.12 bits per heavy atom. The van der Waals surface area contributed by atoms with Crippen molar-refractivity contribution in [2.24, 2.45) is 0 Å². The standard InChI is InChI=1S/C12H14Br2ClNO/c1-2-6-16(7-5-13)12(17)9-3-4-11(15)10(14)8-9/h3-4,8H,2,5-7H2,1H3. The molecule has 2 nitrogen and oxygen atoms in total. The molecule has 0 N–H and O–H groups in total. The Kier molecular flexibility index (Phi) is 6.52.